The standard InChI is InChI=1S/C12H19N3O3S/c1-2-15-6-7-18-10(8-15)9-19(16,17)12-11(13)4-3-5-14-12/h3-5,10H,2,6-9,13H2,1H3. The van der Waals surface area contributed by atoms with Gasteiger partial charge in [0, 0.05) is 19.3 Å². The number of nitrogens with two attached hydrogens (primary N) is 1. The maximum absolute atomic E-state index is 12.3. The third-order valence-electron chi connectivity index (χ3n) is 3.17. The van der Waals surface area contributed by atoms with Crippen LogP contribution < -0.4 is 5.73 Å². The minimum absolute atomic E-state index is 0.0489. The Hall–Kier alpha value is -1.18. The summed E-state index contributed by atoms with van der Waals surface area (Å²) in [7, 11) is -3.51. The van der Waals surface area contributed by atoms with Crippen molar-refractivity contribution in [3.8, 4) is 0 Å². The zero-order valence-corrected chi connectivity index (χ0v) is 11.8. The maximum atomic E-state index is 12.3. The third-order valence-corrected chi connectivity index (χ3v) is 4.91. The minimum Gasteiger partial charge on any atom is -0.396 e. The topological polar surface area (TPSA) is 85.5 Å². The van der Waals surface area contributed by atoms with Crippen molar-refractivity contribution in [2.75, 3.05) is 37.7 Å². The molecule has 7 heteroatoms. The van der Waals surface area contributed by atoms with Gasteiger partial charge in [0.2, 0.25) is 0 Å². The number of anilines is 1. The van der Waals surface area contributed by atoms with Gasteiger partial charge in [0.05, 0.1) is 24.2 Å². The van der Waals surface area contributed by atoms with E-state index in [9.17, 15) is 8.42 Å². The van der Waals surface area contributed by atoms with Gasteiger partial charge >= 0.3 is 0 Å². The maximum Gasteiger partial charge on any atom is 0.200 e. The highest BCUT2D eigenvalue weighted by Crippen LogP contribution is 2.18. The van der Waals surface area contributed by atoms with Gasteiger partial charge in [-0.05, 0) is 18.7 Å². The Morgan fingerprint density at radius 3 is 3.05 bits per heavy atom. The predicted molar refractivity (Wildman–Crippen MR) is 72.6 cm³/mol. The van der Waals surface area contributed by atoms with E-state index in [1.54, 1.807) is 12.1 Å². The van der Waals surface area contributed by atoms with Crippen LogP contribution >= 0.6 is 0 Å². The van der Waals surface area contributed by atoms with Gasteiger partial charge < -0.3 is 10.5 Å². The number of rotatable bonds is 4. The smallest absolute Gasteiger partial charge is 0.200 e. The Morgan fingerprint density at radius 2 is 2.37 bits per heavy atom. The van der Waals surface area contributed by atoms with Crippen LogP contribution in [0, 0.1) is 0 Å². The summed E-state index contributed by atoms with van der Waals surface area (Å²) in [5, 5.41) is -0.0489. The summed E-state index contributed by atoms with van der Waals surface area (Å²) in [6, 6.07) is 3.16. The molecule has 6 nitrogen and oxygen atoms in total. The van der Waals surface area contributed by atoms with E-state index in [2.05, 4.69) is 9.88 Å². The summed E-state index contributed by atoms with van der Waals surface area (Å²) < 4.78 is 30.1. The molecule has 2 heterocycles. The fraction of sp³-hybridized carbons (Fsp3) is 0.583. The first kappa shape index (κ1) is 14.2. The number of ether oxygens (including phenoxy) is 1. The van der Waals surface area contributed by atoms with E-state index in [0.717, 1.165) is 13.1 Å². The van der Waals surface area contributed by atoms with E-state index >= 15 is 0 Å². The van der Waals surface area contributed by atoms with Crippen molar-refractivity contribution >= 4 is 15.5 Å². The lowest BCUT2D eigenvalue weighted by atomic mass is 10.3. The second-order valence-electron chi connectivity index (χ2n) is 4.57. The van der Waals surface area contributed by atoms with Gasteiger partial charge in [0.25, 0.3) is 0 Å². The molecule has 0 bridgehead atoms. The predicted octanol–water partition coefficient (Wildman–Crippen LogP) is 0.158. The molecule has 1 saturated heterocycles. The van der Waals surface area contributed by atoms with Crippen LogP contribution in [-0.4, -0.2) is 56.4 Å². The highest BCUT2D eigenvalue weighted by atomic mass is 32.2. The average Bonchev–Trinajstić information content (AvgIpc) is 2.38. The second kappa shape index (κ2) is 5.85. The quantitative estimate of drug-likeness (QED) is 0.848. The van der Waals surface area contributed by atoms with Crippen molar-refractivity contribution in [2.45, 2.75) is 18.1 Å². The summed E-state index contributed by atoms with van der Waals surface area (Å²) >= 11 is 0. The molecule has 1 fully saturated rings. The highest BCUT2D eigenvalue weighted by molar-refractivity contribution is 7.91. The molecule has 1 unspecified atom stereocenters. The van der Waals surface area contributed by atoms with Gasteiger partial charge in [-0.3, -0.25) is 4.90 Å². The molecule has 19 heavy (non-hydrogen) atoms. The van der Waals surface area contributed by atoms with E-state index in [4.69, 9.17) is 10.5 Å². The lowest BCUT2D eigenvalue weighted by Gasteiger charge is -2.31. The number of aromatic nitrogens is 1. The normalized spacial score (nSPS) is 21.4. The number of likely N-dealkylation sites (N-methyl/N-ethyl adjacent to an activating group) is 1. The van der Waals surface area contributed by atoms with Crippen molar-refractivity contribution in [3.05, 3.63) is 18.3 Å². The Labute approximate surface area is 113 Å². The van der Waals surface area contributed by atoms with Gasteiger partial charge in [0.1, 0.15) is 0 Å². The van der Waals surface area contributed by atoms with E-state index in [-0.39, 0.29) is 22.6 Å². The van der Waals surface area contributed by atoms with E-state index < -0.39 is 9.84 Å². The Balaban J connectivity index is 2.11. The Kier molecular flexibility index (Phi) is 4.38. The van der Waals surface area contributed by atoms with Gasteiger partial charge in [-0.15, -0.1) is 0 Å². The fourth-order valence-electron chi connectivity index (χ4n) is 2.16. The molecule has 0 aliphatic carbocycles. The zero-order chi connectivity index (χ0) is 13.9. The van der Waals surface area contributed by atoms with Crippen LogP contribution in [-0.2, 0) is 14.6 Å². The zero-order valence-electron chi connectivity index (χ0n) is 10.9. The fourth-order valence-corrected chi connectivity index (χ4v) is 3.65. The van der Waals surface area contributed by atoms with Crippen LogP contribution in [0.4, 0.5) is 5.69 Å². The first-order valence-corrected chi connectivity index (χ1v) is 7.95. The van der Waals surface area contributed by atoms with E-state index in [1.807, 2.05) is 6.92 Å². The molecule has 0 saturated carbocycles. The Morgan fingerprint density at radius 1 is 1.58 bits per heavy atom. The molecule has 106 valence electrons. The molecule has 0 aromatic carbocycles. The van der Waals surface area contributed by atoms with E-state index in [0.29, 0.717) is 13.2 Å². The van der Waals surface area contributed by atoms with Crippen LogP contribution in [0.15, 0.2) is 23.4 Å². The molecule has 0 radical (unpaired) electrons. The molecule has 0 spiro atoms. The molecule has 1 aliphatic heterocycles. The number of nitrogen functional groups attached to an aromatic ring is 1. The molecular weight excluding hydrogens is 266 g/mol. The number of hydrogen-bond acceptors (Lipinski definition) is 6. The van der Waals surface area contributed by atoms with Crippen molar-refractivity contribution in [1.29, 1.82) is 0 Å². The number of pyridine rings is 1. The summed E-state index contributed by atoms with van der Waals surface area (Å²) in [5.41, 5.74) is 5.86. The molecule has 1 aromatic rings. The molecular formula is C12H19N3O3S. The van der Waals surface area contributed by atoms with E-state index in [1.165, 1.54) is 6.20 Å². The number of hydrogen-bond donors (Lipinski definition) is 1. The van der Waals surface area contributed by atoms with Gasteiger partial charge in [0.15, 0.2) is 14.9 Å². The molecule has 1 aliphatic rings. The SMILES string of the molecule is CCN1CCOC(CS(=O)(=O)c2ncccc2N)C1. The minimum atomic E-state index is -3.51. The monoisotopic (exact) mass is 285 g/mol. The largest absolute Gasteiger partial charge is 0.396 e. The number of sulfone groups is 1. The van der Waals surface area contributed by atoms with Crippen molar-refractivity contribution in [1.82, 2.24) is 9.88 Å². The third kappa shape index (κ3) is 3.43. The first-order valence-electron chi connectivity index (χ1n) is 6.30. The van der Waals surface area contributed by atoms with Crippen LogP contribution in [0.1, 0.15) is 6.92 Å². The van der Waals surface area contributed by atoms with Crippen molar-refractivity contribution < 1.29 is 13.2 Å². The molecule has 2 N–H and O–H groups in total. The van der Waals surface area contributed by atoms with Crippen molar-refractivity contribution in [2.24, 2.45) is 0 Å². The lowest BCUT2D eigenvalue weighted by molar-refractivity contribution is -0.0145. The van der Waals surface area contributed by atoms with Crippen LogP contribution in [0.3, 0.4) is 0 Å². The number of nitrogens with zero attached hydrogens (tertiary/aromatic N) is 2. The second-order valence-corrected chi connectivity index (χ2v) is 6.51. The van der Waals surface area contributed by atoms with Gasteiger partial charge in [-0.1, -0.05) is 6.92 Å². The Bertz CT molecular complexity index is 533. The summed E-state index contributed by atoms with van der Waals surface area (Å²) in [6.07, 6.45) is 1.11. The van der Waals surface area contributed by atoms with Gasteiger partial charge in [-0.2, -0.15) is 0 Å². The highest BCUT2D eigenvalue weighted by Gasteiger charge is 2.28. The number of morpholine rings is 1. The summed E-state index contributed by atoms with van der Waals surface area (Å²) in [5.74, 6) is -0.0787. The molecule has 1 aromatic heterocycles. The van der Waals surface area contributed by atoms with Crippen molar-refractivity contribution in [3.63, 3.8) is 0 Å². The molecule has 2 rings (SSSR count). The van der Waals surface area contributed by atoms with Crippen LogP contribution in [0.25, 0.3) is 0 Å². The van der Waals surface area contributed by atoms with Crippen LogP contribution in [0.2, 0.25) is 0 Å². The molecule has 1 atom stereocenters. The van der Waals surface area contributed by atoms with Gasteiger partial charge in [-0.25, -0.2) is 13.4 Å². The van der Waals surface area contributed by atoms with Crippen LogP contribution in [0.5, 0.6) is 0 Å². The molecule has 0 amide bonds. The first-order chi connectivity index (χ1) is 9.03. The summed E-state index contributed by atoms with van der Waals surface area (Å²) in [6.45, 7) is 4.98. The summed E-state index contributed by atoms with van der Waals surface area (Å²) in [4.78, 5) is 6.04. The lowest BCUT2D eigenvalue weighted by Crippen LogP contribution is -2.45. The average molecular weight is 285 g/mol.